The van der Waals surface area contributed by atoms with Gasteiger partial charge in [-0.2, -0.15) is 4.99 Å². The molecular weight excluding hydrogens is 144 g/mol. The van der Waals surface area contributed by atoms with Crippen LogP contribution in [0, 0.1) is 0 Å². The molecular formula is C7H8N2O2. The number of aliphatic imine (C=N–C) groups is 1. The Bertz CT molecular complexity index is 227. The van der Waals surface area contributed by atoms with E-state index >= 15 is 0 Å². The van der Waals surface area contributed by atoms with Crippen molar-refractivity contribution in [2.45, 2.75) is 0 Å². The maximum absolute atomic E-state index is 10.8. The second-order valence-electron chi connectivity index (χ2n) is 1.65. The summed E-state index contributed by atoms with van der Waals surface area (Å²) in [5.41, 5.74) is -0.151. The van der Waals surface area contributed by atoms with Crippen molar-refractivity contribution in [3.05, 3.63) is 24.9 Å². The van der Waals surface area contributed by atoms with E-state index < -0.39 is 5.91 Å². The van der Waals surface area contributed by atoms with Gasteiger partial charge in [-0.15, -0.1) is 6.58 Å². The average molecular weight is 152 g/mol. The van der Waals surface area contributed by atoms with Gasteiger partial charge in [-0.05, 0) is 0 Å². The molecule has 0 bridgehead atoms. The lowest BCUT2D eigenvalue weighted by molar-refractivity contribution is -0.117. The Morgan fingerprint density at radius 2 is 2.36 bits per heavy atom. The van der Waals surface area contributed by atoms with E-state index in [9.17, 15) is 9.59 Å². The third-order valence-electron chi connectivity index (χ3n) is 0.850. The standard InChI is InChI=1S/C7H8N2O2/c1-3-4-8-7(11)6(2)9-5-10/h3H,1-2,4H2,(H,8,11). The Hall–Kier alpha value is -1.67. The molecule has 11 heavy (non-hydrogen) atoms. The Morgan fingerprint density at radius 3 is 2.82 bits per heavy atom. The molecule has 0 spiro atoms. The first-order valence-electron chi connectivity index (χ1n) is 2.88. The molecule has 0 unspecified atom stereocenters. The Kier molecular flexibility index (Phi) is 4.36. The summed E-state index contributed by atoms with van der Waals surface area (Å²) in [7, 11) is 0. The minimum absolute atomic E-state index is 0.151. The lowest BCUT2D eigenvalue weighted by Crippen LogP contribution is -2.23. The zero-order chi connectivity index (χ0) is 8.69. The molecule has 0 heterocycles. The number of nitrogens with zero attached hydrogens (tertiary/aromatic N) is 1. The van der Waals surface area contributed by atoms with Crippen LogP contribution in [-0.4, -0.2) is 18.5 Å². The maximum Gasteiger partial charge on any atom is 0.270 e. The molecule has 0 aromatic heterocycles. The van der Waals surface area contributed by atoms with E-state index in [0.29, 0.717) is 6.54 Å². The van der Waals surface area contributed by atoms with Crippen molar-refractivity contribution in [2.75, 3.05) is 6.54 Å². The summed E-state index contributed by atoms with van der Waals surface area (Å²) < 4.78 is 0. The summed E-state index contributed by atoms with van der Waals surface area (Å²) in [6.45, 7) is 6.93. The van der Waals surface area contributed by atoms with E-state index in [1.165, 1.54) is 12.2 Å². The van der Waals surface area contributed by atoms with Crippen LogP contribution in [0.1, 0.15) is 0 Å². The molecule has 0 aromatic rings. The van der Waals surface area contributed by atoms with Gasteiger partial charge in [0.15, 0.2) is 0 Å². The SMILES string of the molecule is C=CCNC(=O)C(=C)N=C=O. The zero-order valence-electron chi connectivity index (χ0n) is 5.96. The molecule has 58 valence electrons. The molecule has 0 radical (unpaired) electrons. The number of nitrogens with one attached hydrogen (secondary N) is 1. The summed E-state index contributed by atoms with van der Waals surface area (Å²) in [4.78, 5) is 23.4. The highest BCUT2D eigenvalue weighted by atomic mass is 16.2. The van der Waals surface area contributed by atoms with Crippen molar-refractivity contribution in [1.29, 1.82) is 0 Å². The van der Waals surface area contributed by atoms with Gasteiger partial charge in [-0.1, -0.05) is 12.7 Å². The van der Waals surface area contributed by atoms with E-state index in [1.807, 2.05) is 0 Å². The molecule has 0 aliphatic rings. The molecule has 4 nitrogen and oxygen atoms in total. The van der Waals surface area contributed by atoms with Crippen LogP contribution in [-0.2, 0) is 9.59 Å². The van der Waals surface area contributed by atoms with Crippen LogP contribution >= 0.6 is 0 Å². The summed E-state index contributed by atoms with van der Waals surface area (Å²) >= 11 is 0. The van der Waals surface area contributed by atoms with Crippen LogP contribution in [0.3, 0.4) is 0 Å². The molecule has 0 rings (SSSR count). The van der Waals surface area contributed by atoms with Crippen LogP contribution in [0.15, 0.2) is 29.9 Å². The molecule has 0 aliphatic carbocycles. The predicted molar refractivity (Wildman–Crippen MR) is 40.5 cm³/mol. The van der Waals surface area contributed by atoms with Crippen LogP contribution in [0.2, 0.25) is 0 Å². The van der Waals surface area contributed by atoms with E-state index in [0.717, 1.165) is 0 Å². The zero-order valence-corrected chi connectivity index (χ0v) is 5.96. The summed E-state index contributed by atoms with van der Waals surface area (Å²) in [6.07, 6.45) is 2.72. The molecule has 0 atom stereocenters. The van der Waals surface area contributed by atoms with E-state index in [4.69, 9.17) is 0 Å². The van der Waals surface area contributed by atoms with Crippen molar-refractivity contribution >= 4 is 12.0 Å². The summed E-state index contributed by atoms with van der Waals surface area (Å²) in [5.74, 6) is -0.492. The van der Waals surface area contributed by atoms with Gasteiger partial charge in [0.05, 0.1) is 0 Å². The number of isocyanates is 1. The van der Waals surface area contributed by atoms with E-state index in [2.05, 4.69) is 23.5 Å². The molecule has 1 N–H and O–H groups in total. The lowest BCUT2D eigenvalue weighted by Gasteiger charge is -1.97. The quantitative estimate of drug-likeness (QED) is 0.269. The summed E-state index contributed by atoms with van der Waals surface area (Å²) in [6, 6.07) is 0. The Balaban J connectivity index is 3.93. The van der Waals surface area contributed by atoms with Gasteiger partial charge in [0.25, 0.3) is 5.91 Å². The third kappa shape index (κ3) is 3.83. The smallest absolute Gasteiger partial charge is 0.270 e. The van der Waals surface area contributed by atoms with E-state index in [-0.39, 0.29) is 5.70 Å². The first kappa shape index (κ1) is 9.33. The van der Waals surface area contributed by atoms with Crippen molar-refractivity contribution in [3.8, 4) is 0 Å². The van der Waals surface area contributed by atoms with Crippen LogP contribution in [0.25, 0.3) is 0 Å². The highest BCUT2D eigenvalue weighted by Gasteiger charge is 2.01. The first-order chi connectivity index (χ1) is 5.22. The van der Waals surface area contributed by atoms with Gasteiger partial charge >= 0.3 is 0 Å². The molecule has 4 heteroatoms. The number of rotatable bonds is 4. The Morgan fingerprint density at radius 1 is 1.73 bits per heavy atom. The van der Waals surface area contributed by atoms with Gasteiger partial charge in [-0.25, -0.2) is 4.79 Å². The van der Waals surface area contributed by atoms with Gasteiger partial charge in [0.1, 0.15) is 5.70 Å². The number of carbonyl (C=O) groups is 1. The van der Waals surface area contributed by atoms with Gasteiger partial charge in [0, 0.05) is 6.54 Å². The van der Waals surface area contributed by atoms with Gasteiger partial charge < -0.3 is 5.32 Å². The van der Waals surface area contributed by atoms with Crippen molar-refractivity contribution in [1.82, 2.24) is 5.32 Å². The second kappa shape index (κ2) is 5.14. The van der Waals surface area contributed by atoms with E-state index in [1.54, 1.807) is 0 Å². The van der Waals surface area contributed by atoms with Crippen LogP contribution in [0.4, 0.5) is 0 Å². The van der Waals surface area contributed by atoms with Crippen molar-refractivity contribution in [3.63, 3.8) is 0 Å². The second-order valence-corrected chi connectivity index (χ2v) is 1.65. The van der Waals surface area contributed by atoms with Gasteiger partial charge in [-0.3, -0.25) is 4.79 Å². The molecule has 0 aromatic carbocycles. The monoisotopic (exact) mass is 152 g/mol. The minimum Gasteiger partial charge on any atom is -0.347 e. The molecule has 0 fully saturated rings. The van der Waals surface area contributed by atoms with Gasteiger partial charge in [0.2, 0.25) is 6.08 Å². The number of amides is 1. The number of hydrogen-bond acceptors (Lipinski definition) is 3. The first-order valence-corrected chi connectivity index (χ1v) is 2.88. The fourth-order valence-electron chi connectivity index (χ4n) is 0.373. The molecule has 0 aliphatic heterocycles. The average Bonchev–Trinajstić information content (AvgIpc) is 2.00. The minimum atomic E-state index is -0.492. The highest BCUT2D eigenvalue weighted by Crippen LogP contribution is 1.88. The lowest BCUT2D eigenvalue weighted by atomic mass is 10.4. The molecule has 0 saturated carbocycles. The van der Waals surface area contributed by atoms with Crippen LogP contribution < -0.4 is 5.32 Å². The topological polar surface area (TPSA) is 58.5 Å². The van der Waals surface area contributed by atoms with Crippen LogP contribution in [0.5, 0.6) is 0 Å². The normalized spacial score (nSPS) is 7.64. The Labute approximate surface area is 64.3 Å². The summed E-state index contributed by atoms with van der Waals surface area (Å²) in [5, 5.41) is 2.39. The third-order valence-corrected chi connectivity index (χ3v) is 0.850. The highest BCUT2D eigenvalue weighted by molar-refractivity contribution is 5.93. The van der Waals surface area contributed by atoms with Crippen molar-refractivity contribution < 1.29 is 9.59 Å². The van der Waals surface area contributed by atoms with Crippen molar-refractivity contribution in [2.24, 2.45) is 4.99 Å². The fraction of sp³-hybridized carbons (Fsp3) is 0.143. The molecule has 0 saturated heterocycles. The number of hydrogen-bond donors (Lipinski definition) is 1. The predicted octanol–water partition coefficient (Wildman–Crippen LogP) is 0.138. The maximum atomic E-state index is 10.8. The fourth-order valence-corrected chi connectivity index (χ4v) is 0.373. The largest absolute Gasteiger partial charge is 0.347 e. The number of carbonyl (C=O) groups excluding carboxylic acids is 2. The molecule has 1 amide bonds.